The van der Waals surface area contributed by atoms with Gasteiger partial charge >= 0.3 is 0 Å². The molecule has 0 saturated carbocycles. The number of nitrogens with zero attached hydrogens (tertiary/aromatic N) is 7. The first-order valence-corrected chi connectivity index (χ1v) is 10.3. The van der Waals surface area contributed by atoms with Crippen molar-refractivity contribution in [2.75, 3.05) is 0 Å². The maximum absolute atomic E-state index is 4.76. The van der Waals surface area contributed by atoms with E-state index in [-0.39, 0.29) is 0 Å². The lowest BCUT2D eigenvalue weighted by Crippen LogP contribution is -2.07. The van der Waals surface area contributed by atoms with E-state index >= 15 is 0 Å². The molecule has 0 bridgehead atoms. The Bertz CT molecular complexity index is 1080. The molecule has 1 N–H and O–H groups in total. The summed E-state index contributed by atoms with van der Waals surface area (Å²) < 4.78 is 2.05. The molecule has 3 heterocycles. The monoisotopic (exact) mass is 402 g/mol. The zero-order valence-corrected chi connectivity index (χ0v) is 17.6. The van der Waals surface area contributed by atoms with Crippen LogP contribution in [0, 0.1) is 5.92 Å². The molecular weight excluding hydrogens is 376 g/mol. The van der Waals surface area contributed by atoms with Gasteiger partial charge in [-0.3, -0.25) is 4.98 Å². The quantitative estimate of drug-likeness (QED) is 0.482. The summed E-state index contributed by atoms with van der Waals surface area (Å²) in [6, 6.07) is 10.5. The fourth-order valence-corrected chi connectivity index (χ4v) is 3.48. The van der Waals surface area contributed by atoms with Crippen LogP contribution in [0.2, 0.25) is 0 Å². The van der Waals surface area contributed by atoms with Gasteiger partial charge in [0.25, 0.3) is 0 Å². The van der Waals surface area contributed by atoms with Crippen LogP contribution in [0.25, 0.3) is 22.5 Å². The fourth-order valence-electron chi connectivity index (χ4n) is 3.48. The van der Waals surface area contributed by atoms with E-state index in [0.29, 0.717) is 11.7 Å². The summed E-state index contributed by atoms with van der Waals surface area (Å²) in [7, 11) is 0. The lowest BCUT2D eigenvalue weighted by atomic mass is 10.00. The molecule has 1 aromatic carbocycles. The number of benzene rings is 1. The van der Waals surface area contributed by atoms with E-state index < -0.39 is 0 Å². The van der Waals surface area contributed by atoms with E-state index in [2.05, 4.69) is 70.6 Å². The van der Waals surface area contributed by atoms with Crippen LogP contribution in [-0.2, 0) is 19.4 Å². The van der Waals surface area contributed by atoms with Gasteiger partial charge in [-0.25, -0.2) is 9.67 Å². The number of tetrazole rings is 1. The third kappa shape index (κ3) is 4.42. The van der Waals surface area contributed by atoms with E-state index in [1.54, 1.807) is 12.4 Å². The van der Waals surface area contributed by atoms with E-state index in [4.69, 9.17) is 10.1 Å². The van der Waals surface area contributed by atoms with Crippen LogP contribution in [0.15, 0.2) is 42.7 Å². The molecule has 0 aliphatic heterocycles. The van der Waals surface area contributed by atoms with Crippen LogP contribution < -0.4 is 0 Å². The van der Waals surface area contributed by atoms with Crippen LogP contribution in [0.3, 0.4) is 0 Å². The minimum atomic E-state index is 0.534. The maximum Gasteiger partial charge on any atom is 0.206 e. The molecule has 0 aliphatic carbocycles. The highest BCUT2D eigenvalue weighted by Crippen LogP contribution is 2.29. The van der Waals surface area contributed by atoms with Crippen LogP contribution in [-0.4, -0.2) is 40.4 Å². The summed E-state index contributed by atoms with van der Waals surface area (Å²) in [5, 5.41) is 19.1. The Morgan fingerprint density at radius 1 is 1.07 bits per heavy atom. The zero-order chi connectivity index (χ0) is 20.9. The van der Waals surface area contributed by atoms with Crippen LogP contribution in [0.5, 0.6) is 0 Å². The van der Waals surface area contributed by atoms with E-state index in [1.165, 1.54) is 5.56 Å². The fraction of sp³-hybridized carbons (Fsp3) is 0.364. The molecule has 4 rings (SSSR count). The van der Waals surface area contributed by atoms with Crippen molar-refractivity contribution in [2.45, 2.75) is 46.6 Å². The Hall–Kier alpha value is -3.42. The summed E-state index contributed by atoms with van der Waals surface area (Å²) >= 11 is 0. The number of rotatable bonds is 8. The second-order valence-electron chi connectivity index (χ2n) is 7.80. The van der Waals surface area contributed by atoms with Gasteiger partial charge in [0, 0.05) is 30.8 Å². The third-order valence-electron chi connectivity index (χ3n) is 4.86. The van der Waals surface area contributed by atoms with Gasteiger partial charge in [-0.15, -0.1) is 10.2 Å². The summed E-state index contributed by atoms with van der Waals surface area (Å²) in [6.07, 6.45) is 6.43. The molecule has 4 aromatic rings. The second kappa shape index (κ2) is 8.94. The van der Waals surface area contributed by atoms with E-state index in [0.717, 1.165) is 54.1 Å². The Balaban J connectivity index is 1.58. The van der Waals surface area contributed by atoms with Crippen molar-refractivity contribution in [1.82, 2.24) is 40.4 Å². The molecule has 0 fully saturated rings. The predicted molar refractivity (Wildman–Crippen MR) is 115 cm³/mol. The third-order valence-corrected chi connectivity index (χ3v) is 4.86. The molecule has 3 aromatic heterocycles. The smallest absolute Gasteiger partial charge is 0.206 e. The van der Waals surface area contributed by atoms with Crippen molar-refractivity contribution in [1.29, 1.82) is 0 Å². The number of nitrogens with one attached hydrogen (secondary N) is 1. The largest absolute Gasteiger partial charge is 0.264 e. The molecule has 30 heavy (non-hydrogen) atoms. The van der Waals surface area contributed by atoms with Crippen LogP contribution in [0.1, 0.15) is 44.4 Å². The molecule has 0 aliphatic rings. The number of aromatic amines is 1. The molecule has 0 saturated heterocycles. The van der Waals surface area contributed by atoms with Crippen molar-refractivity contribution < 1.29 is 0 Å². The van der Waals surface area contributed by atoms with Gasteiger partial charge in [0.15, 0.2) is 5.82 Å². The Morgan fingerprint density at radius 2 is 1.90 bits per heavy atom. The first-order chi connectivity index (χ1) is 14.6. The van der Waals surface area contributed by atoms with Crippen LogP contribution in [0.4, 0.5) is 0 Å². The molecule has 0 atom stereocenters. The lowest BCUT2D eigenvalue weighted by Gasteiger charge is -2.09. The summed E-state index contributed by atoms with van der Waals surface area (Å²) in [5.74, 6) is 3.08. The lowest BCUT2D eigenvalue weighted by molar-refractivity contribution is 0.595. The molecule has 0 unspecified atom stereocenters. The topological polar surface area (TPSA) is 98.1 Å². The number of aryl methyl sites for hydroxylation is 1. The van der Waals surface area contributed by atoms with Gasteiger partial charge in [0.2, 0.25) is 5.82 Å². The average Bonchev–Trinajstić information content (AvgIpc) is 3.39. The van der Waals surface area contributed by atoms with Crippen molar-refractivity contribution in [2.24, 2.45) is 5.92 Å². The van der Waals surface area contributed by atoms with Crippen molar-refractivity contribution in [3.8, 4) is 22.5 Å². The Kier molecular flexibility index (Phi) is 5.92. The second-order valence-corrected chi connectivity index (χ2v) is 7.80. The number of hydrogen-bond acceptors (Lipinski definition) is 6. The molecule has 0 spiro atoms. The number of hydrogen-bond donors (Lipinski definition) is 1. The van der Waals surface area contributed by atoms with Crippen molar-refractivity contribution >= 4 is 0 Å². The highest BCUT2D eigenvalue weighted by Gasteiger charge is 2.13. The van der Waals surface area contributed by atoms with Gasteiger partial charge in [-0.1, -0.05) is 45.0 Å². The highest BCUT2D eigenvalue weighted by molar-refractivity contribution is 5.79. The Labute approximate surface area is 175 Å². The molecule has 8 heteroatoms. The Morgan fingerprint density at radius 3 is 2.60 bits per heavy atom. The highest BCUT2D eigenvalue weighted by atomic mass is 15.5. The SMILES string of the molecule is CCCc1nc(CC(C)C)nn1Cc1ccc(-c2ccncc2-c2nn[nH]n2)cc1. The normalized spacial score (nSPS) is 11.3. The van der Waals surface area contributed by atoms with Crippen molar-refractivity contribution in [3.05, 3.63) is 59.9 Å². The first-order valence-electron chi connectivity index (χ1n) is 10.3. The minimum Gasteiger partial charge on any atom is -0.264 e. The zero-order valence-electron chi connectivity index (χ0n) is 17.6. The standard InChI is InChI=1S/C22H26N8/c1-4-5-21-24-20(12-15(2)3)27-30(21)14-16-6-8-17(9-7-16)18-10-11-23-13-19(18)22-25-28-29-26-22/h6-11,13,15H,4-5,12,14H2,1-3H3,(H,25,26,28,29). The van der Waals surface area contributed by atoms with Gasteiger partial charge in [-0.05, 0) is 40.3 Å². The molecule has 8 nitrogen and oxygen atoms in total. The minimum absolute atomic E-state index is 0.534. The predicted octanol–water partition coefficient (Wildman–Crippen LogP) is 3.72. The van der Waals surface area contributed by atoms with Gasteiger partial charge in [0.05, 0.1) is 6.54 Å². The summed E-state index contributed by atoms with van der Waals surface area (Å²) in [4.78, 5) is 8.97. The number of aromatic nitrogens is 8. The maximum atomic E-state index is 4.76. The van der Waals surface area contributed by atoms with Gasteiger partial charge < -0.3 is 0 Å². The van der Waals surface area contributed by atoms with Gasteiger partial charge in [0.1, 0.15) is 5.82 Å². The van der Waals surface area contributed by atoms with Gasteiger partial charge in [-0.2, -0.15) is 10.3 Å². The van der Waals surface area contributed by atoms with E-state index in [1.807, 2.05) is 10.7 Å². The molecular formula is C22H26N8. The molecule has 0 amide bonds. The summed E-state index contributed by atoms with van der Waals surface area (Å²) in [5.41, 5.74) is 4.13. The number of H-pyrrole nitrogens is 1. The average molecular weight is 403 g/mol. The molecule has 0 radical (unpaired) electrons. The summed E-state index contributed by atoms with van der Waals surface area (Å²) in [6.45, 7) is 7.28. The van der Waals surface area contributed by atoms with Crippen LogP contribution >= 0.6 is 0 Å². The van der Waals surface area contributed by atoms with Crippen molar-refractivity contribution in [3.63, 3.8) is 0 Å². The van der Waals surface area contributed by atoms with E-state index in [9.17, 15) is 0 Å². The first kappa shape index (κ1) is 19.9. The molecule has 154 valence electrons. The number of pyridine rings is 1.